The van der Waals surface area contributed by atoms with Crippen LogP contribution < -0.4 is 0 Å². The summed E-state index contributed by atoms with van der Waals surface area (Å²) in [6.45, 7) is -2.93. The number of hydrogen-bond acceptors (Lipinski definition) is 3. The minimum absolute atomic E-state index is 0.531. The van der Waals surface area contributed by atoms with Gasteiger partial charge in [0.25, 0.3) is 0 Å². The first-order valence-electron chi connectivity index (χ1n) is 8.05. The van der Waals surface area contributed by atoms with E-state index in [1.165, 1.54) is 0 Å². The van der Waals surface area contributed by atoms with Gasteiger partial charge in [-0.05, 0) is 6.92 Å². The highest BCUT2D eigenvalue weighted by Crippen LogP contribution is 2.65. The van der Waals surface area contributed by atoms with Gasteiger partial charge < -0.3 is 4.74 Å². The van der Waals surface area contributed by atoms with E-state index >= 15 is 0 Å². The minimum Gasteiger partial charge on any atom is -0.459 e. The molecule has 0 aromatic carbocycles. The first kappa shape index (κ1) is 33.8. The van der Waals surface area contributed by atoms with Gasteiger partial charge in [0.05, 0.1) is 0 Å². The number of ether oxygens (including phenoxy) is 1. The van der Waals surface area contributed by atoms with Crippen molar-refractivity contribution in [3.8, 4) is 0 Å². The van der Waals surface area contributed by atoms with Gasteiger partial charge in [-0.15, -0.1) is 0 Å². The summed E-state index contributed by atoms with van der Waals surface area (Å²) >= 11 is 0. The molecule has 0 fully saturated rings. The summed E-state index contributed by atoms with van der Waals surface area (Å²) in [6, 6.07) is 0. The van der Waals surface area contributed by atoms with Crippen LogP contribution in [0.1, 0.15) is 13.3 Å². The Morgan fingerprint density at radius 3 is 1.06 bits per heavy atom. The van der Waals surface area contributed by atoms with E-state index in [1.54, 1.807) is 0 Å². The lowest BCUT2D eigenvalue weighted by molar-refractivity contribution is -0.469. The Balaban J connectivity index is 6.64. The van der Waals surface area contributed by atoms with Gasteiger partial charge in [-0.1, -0.05) is 0 Å². The van der Waals surface area contributed by atoms with Crippen LogP contribution in [-0.4, -0.2) is 71.9 Å². The van der Waals surface area contributed by atoms with Gasteiger partial charge in [0.2, 0.25) is 0 Å². The Morgan fingerprint density at radius 1 is 0.500 bits per heavy atom. The number of halogens is 19. The first-order chi connectivity index (χ1) is 15.3. The summed E-state index contributed by atoms with van der Waals surface area (Å²) in [4.78, 5) is 21.3. The highest BCUT2D eigenvalue weighted by atomic mass is 19.4. The minimum atomic E-state index is -9.02. The van der Waals surface area contributed by atoms with Gasteiger partial charge in [0.15, 0.2) is 6.61 Å². The van der Waals surface area contributed by atoms with Crippen molar-refractivity contribution in [2.24, 2.45) is 0 Å². The van der Waals surface area contributed by atoms with E-state index in [0.717, 1.165) is 0 Å². The van der Waals surface area contributed by atoms with Gasteiger partial charge in [0.1, 0.15) is 12.2 Å². The Bertz CT molecular complexity index is 841. The summed E-state index contributed by atoms with van der Waals surface area (Å²) in [5.74, 6) is -71.3. The molecule has 22 heteroatoms. The average Bonchev–Trinajstić information content (AvgIpc) is 2.63. The maximum Gasteiger partial charge on any atom is 0.460 e. The van der Waals surface area contributed by atoms with Crippen molar-refractivity contribution in [3.05, 3.63) is 0 Å². The molecule has 0 heterocycles. The molecule has 36 heavy (non-hydrogen) atoms. The third kappa shape index (κ3) is 4.74. The van der Waals surface area contributed by atoms with Crippen molar-refractivity contribution in [3.63, 3.8) is 0 Å². The molecule has 214 valence electrons. The maximum atomic E-state index is 13.5. The van der Waals surface area contributed by atoms with Gasteiger partial charge in [-0.3, -0.25) is 9.59 Å². The number of carbonyl (C=O) groups excluding carboxylic acids is 2. The molecular weight excluding hydrogens is 577 g/mol. The molecule has 0 aliphatic carbocycles. The predicted molar refractivity (Wildman–Crippen MR) is 71.9 cm³/mol. The van der Waals surface area contributed by atoms with Crippen molar-refractivity contribution >= 4 is 11.8 Å². The Hall–Kier alpha value is -2.19. The van der Waals surface area contributed by atoms with Crippen molar-refractivity contribution in [2.45, 2.75) is 66.9 Å². The zero-order valence-electron chi connectivity index (χ0n) is 16.3. The molecular formula is C14H7F19O3. The molecule has 0 rings (SSSR count). The van der Waals surface area contributed by atoms with E-state index in [0.29, 0.717) is 6.92 Å². The fourth-order valence-corrected chi connectivity index (χ4v) is 1.91. The molecule has 0 radical (unpaired) electrons. The van der Waals surface area contributed by atoms with Crippen molar-refractivity contribution < 1.29 is 97.7 Å². The van der Waals surface area contributed by atoms with E-state index in [1.807, 2.05) is 0 Å². The van der Waals surface area contributed by atoms with Crippen LogP contribution >= 0.6 is 0 Å². The molecule has 3 nitrogen and oxygen atoms in total. The standard InChI is InChI=1S/C14H7F19O3/c1-4(34)2-5(35)36-3-6(15,16)7(17,18)8(19,20)9(21,22)10(23,24)11(25,26)12(27,28)13(29,30)14(31,32)33/h2-3H2,1H3. The monoisotopic (exact) mass is 584 g/mol. The molecule has 0 aromatic heterocycles. The molecule has 0 unspecified atom stereocenters. The number of rotatable bonds is 11. The normalized spacial score (nSPS) is 15.7. The third-order valence-electron chi connectivity index (χ3n) is 3.99. The second kappa shape index (κ2) is 8.98. The lowest BCUT2D eigenvalue weighted by atomic mass is 9.87. The van der Waals surface area contributed by atoms with Crippen molar-refractivity contribution in [1.29, 1.82) is 0 Å². The number of esters is 1. The molecule has 0 saturated heterocycles. The first-order valence-corrected chi connectivity index (χ1v) is 8.05. The van der Waals surface area contributed by atoms with Gasteiger partial charge >= 0.3 is 59.5 Å². The lowest BCUT2D eigenvalue weighted by Gasteiger charge is -2.43. The lowest BCUT2D eigenvalue weighted by Crippen LogP contribution is -2.76. The molecule has 0 aromatic rings. The largest absolute Gasteiger partial charge is 0.460 e. The van der Waals surface area contributed by atoms with Crippen LogP contribution in [-0.2, 0) is 14.3 Å². The van der Waals surface area contributed by atoms with Crippen LogP contribution in [0.5, 0.6) is 0 Å². The molecule has 0 aliphatic rings. The van der Waals surface area contributed by atoms with Crippen molar-refractivity contribution in [1.82, 2.24) is 0 Å². The molecule has 0 aliphatic heterocycles. The van der Waals surface area contributed by atoms with Crippen molar-refractivity contribution in [2.75, 3.05) is 6.61 Å². The summed E-state index contributed by atoms with van der Waals surface area (Å²) in [6.07, 6.45) is -9.49. The fraction of sp³-hybridized carbons (Fsp3) is 0.857. The average molecular weight is 584 g/mol. The van der Waals surface area contributed by atoms with Crippen LogP contribution in [0.3, 0.4) is 0 Å². The van der Waals surface area contributed by atoms with Crippen LogP contribution in [0.4, 0.5) is 83.4 Å². The van der Waals surface area contributed by atoms with E-state index in [4.69, 9.17) is 0 Å². The molecule has 0 bridgehead atoms. The van der Waals surface area contributed by atoms with Gasteiger partial charge in [0, 0.05) is 0 Å². The van der Waals surface area contributed by atoms with Gasteiger partial charge in [-0.2, -0.15) is 83.4 Å². The molecule has 0 saturated carbocycles. The van der Waals surface area contributed by atoms with E-state index < -0.39 is 78.3 Å². The zero-order chi connectivity index (χ0) is 29.8. The highest BCUT2D eigenvalue weighted by molar-refractivity contribution is 5.94. The highest BCUT2D eigenvalue weighted by Gasteiger charge is 2.96. The Morgan fingerprint density at radius 2 is 0.778 bits per heavy atom. The Kier molecular flexibility index (Phi) is 8.43. The summed E-state index contributed by atoms with van der Waals surface area (Å²) in [7, 11) is 0. The smallest absolute Gasteiger partial charge is 0.459 e. The number of hydrogen-bond donors (Lipinski definition) is 0. The summed E-state index contributed by atoms with van der Waals surface area (Å²) < 4.78 is 251. The summed E-state index contributed by atoms with van der Waals surface area (Å²) in [5, 5.41) is 0. The van der Waals surface area contributed by atoms with E-state index in [-0.39, 0.29) is 0 Å². The quantitative estimate of drug-likeness (QED) is 0.166. The van der Waals surface area contributed by atoms with Gasteiger partial charge in [-0.25, -0.2) is 0 Å². The predicted octanol–water partition coefficient (Wildman–Crippen LogP) is 6.15. The maximum absolute atomic E-state index is 13.5. The molecule has 0 N–H and O–H groups in total. The molecule has 0 amide bonds. The van der Waals surface area contributed by atoms with Crippen LogP contribution in [0, 0.1) is 0 Å². The number of Topliss-reactive ketones (excluding diaryl/α,β-unsaturated/α-hetero) is 1. The van der Waals surface area contributed by atoms with E-state index in [9.17, 15) is 93.0 Å². The number of alkyl halides is 19. The number of carbonyl (C=O) groups is 2. The second-order valence-electron chi connectivity index (χ2n) is 6.76. The Labute approximate surface area is 184 Å². The van der Waals surface area contributed by atoms with Crippen LogP contribution in [0.15, 0.2) is 0 Å². The molecule has 0 spiro atoms. The van der Waals surface area contributed by atoms with E-state index in [2.05, 4.69) is 4.74 Å². The topological polar surface area (TPSA) is 43.4 Å². The zero-order valence-corrected chi connectivity index (χ0v) is 16.3. The second-order valence-corrected chi connectivity index (χ2v) is 6.76. The fourth-order valence-electron chi connectivity index (χ4n) is 1.91. The summed E-state index contributed by atoms with van der Waals surface area (Å²) in [5.41, 5.74) is 0. The van der Waals surface area contributed by atoms with Crippen LogP contribution in [0.2, 0.25) is 0 Å². The number of ketones is 1. The molecule has 0 atom stereocenters. The third-order valence-corrected chi connectivity index (χ3v) is 3.99. The SMILES string of the molecule is CC(=O)CC(=O)OCC(F)(F)C(F)(F)C(F)(F)C(F)(F)C(F)(F)C(F)(F)C(F)(F)C(F)(F)C(F)(F)F. The van der Waals surface area contributed by atoms with Crippen LogP contribution in [0.25, 0.3) is 0 Å².